The SMILES string of the molecule is CCC1CCN(C(=O)CCNC(=O)c2ccco2)CC1. The number of carbonyl (C=O) groups is 2. The third-order valence-corrected chi connectivity index (χ3v) is 3.91. The molecule has 20 heavy (non-hydrogen) atoms. The van der Waals surface area contributed by atoms with Crippen LogP contribution < -0.4 is 5.32 Å². The molecule has 110 valence electrons. The van der Waals surface area contributed by atoms with E-state index in [4.69, 9.17) is 4.42 Å². The zero-order valence-corrected chi connectivity index (χ0v) is 11.9. The summed E-state index contributed by atoms with van der Waals surface area (Å²) >= 11 is 0. The Balaban J connectivity index is 1.67. The predicted octanol–water partition coefficient (Wildman–Crippen LogP) is 2.05. The van der Waals surface area contributed by atoms with Gasteiger partial charge in [-0.2, -0.15) is 0 Å². The van der Waals surface area contributed by atoms with Crippen molar-refractivity contribution >= 4 is 11.8 Å². The van der Waals surface area contributed by atoms with Gasteiger partial charge in [-0.3, -0.25) is 9.59 Å². The second kappa shape index (κ2) is 7.12. The fourth-order valence-electron chi connectivity index (χ4n) is 2.53. The molecule has 2 amide bonds. The van der Waals surface area contributed by atoms with E-state index in [0.29, 0.717) is 13.0 Å². The number of nitrogens with zero attached hydrogens (tertiary/aromatic N) is 1. The van der Waals surface area contributed by atoms with Crippen molar-refractivity contribution in [2.75, 3.05) is 19.6 Å². The number of amides is 2. The molecule has 2 heterocycles. The van der Waals surface area contributed by atoms with Crippen LogP contribution in [-0.2, 0) is 4.79 Å². The lowest BCUT2D eigenvalue weighted by molar-refractivity contribution is -0.132. The van der Waals surface area contributed by atoms with E-state index in [9.17, 15) is 9.59 Å². The molecule has 2 rings (SSSR count). The molecule has 5 nitrogen and oxygen atoms in total. The molecule has 0 aromatic carbocycles. The molecule has 1 fully saturated rings. The number of carbonyl (C=O) groups excluding carboxylic acids is 2. The van der Waals surface area contributed by atoms with Crippen molar-refractivity contribution in [3.63, 3.8) is 0 Å². The highest BCUT2D eigenvalue weighted by atomic mass is 16.3. The van der Waals surface area contributed by atoms with Crippen LogP contribution in [0.5, 0.6) is 0 Å². The summed E-state index contributed by atoms with van der Waals surface area (Å²) in [6.07, 6.45) is 5.20. The van der Waals surface area contributed by atoms with E-state index in [0.717, 1.165) is 31.8 Å². The van der Waals surface area contributed by atoms with Gasteiger partial charge in [-0.15, -0.1) is 0 Å². The number of nitrogens with one attached hydrogen (secondary N) is 1. The Bertz CT molecular complexity index is 434. The summed E-state index contributed by atoms with van der Waals surface area (Å²) < 4.78 is 4.99. The predicted molar refractivity (Wildman–Crippen MR) is 75.3 cm³/mol. The Hall–Kier alpha value is -1.78. The lowest BCUT2D eigenvalue weighted by Gasteiger charge is -2.31. The molecule has 1 N–H and O–H groups in total. The van der Waals surface area contributed by atoms with Gasteiger partial charge in [0.05, 0.1) is 6.26 Å². The number of piperidine rings is 1. The Morgan fingerprint density at radius 1 is 1.40 bits per heavy atom. The van der Waals surface area contributed by atoms with Gasteiger partial charge < -0.3 is 14.6 Å². The van der Waals surface area contributed by atoms with E-state index in [-0.39, 0.29) is 17.6 Å². The normalized spacial score (nSPS) is 16.1. The van der Waals surface area contributed by atoms with Gasteiger partial charge in [0.15, 0.2) is 5.76 Å². The van der Waals surface area contributed by atoms with E-state index < -0.39 is 0 Å². The van der Waals surface area contributed by atoms with Gasteiger partial charge >= 0.3 is 0 Å². The third-order valence-electron chi connectivity index (χ3n) is 3.91. The number of furan rings is 1. The quantitative estimate of drug-likeness (QED) is 0.896. The standard InChI is InChI=1S/C15H22N2O3/c1-2-12-6-9-17(10-7-12)14(18)5-8-16-15(19)13-4-3-11-20-13/h3-4,11-12H,2,5-10H2,1H3,(H,16,19). The van der Waals surface area contributed by atoms with Crippen LogP contribution in [-0.4, -0.2) is 36.3 Å². The Labute approximate surface area is 119 Å². The zero-order valence-electron chi connectivity index (χ0n) is 11.9. The molecule has 0 saturated carbocycles. The summed E-state index contributed by atoms with van der Waals surface area (Å²) in [5.74, 6) is 0.894. The van der Waals surface area contributed by atoms with Crippen molar-refractivity contribution in [3.8, 4) is 0 Å². The highest BCUT2D eigenvalue weighted by Gasteiger charge is 2.21. The van der Waals surface area contributed by atoms with Gasteiger partial charge in [0.1, 0.15) is 0 Å². The first kappa shape index (κ1) is 14.6. The van der Waals surface area contributed by atoms with Gasteiger partial charge in [-0.1, -0.05) is 13.3 Å². The van der Waals surface area contributed by atoms with Gasteiger partial charge in [-0.25, -0.2) is 0 Å². The summed E-state index contributed by atoms with van der Waals surface area (Å²) in [7, 11) is 0. The fraction of sp³-hybridized carbons (Fsp3) is 0.600. The molecule has 1 aliphatic rings. The molecule has 0 unspecified atom stereocenters. The molecule has 0 spiro atoms. The minimum Gasteiger partial charge on any atom is -0.459 e. The van der Waals surface area contributed by atoms with E-state index in [1.807, 2.05) is 4.90 Å². The van der Waals surface area contributed by atoms with Crippen LogP contribution in [0.25, 0.3) is 0 Å². The zero-order chi connectivity index (χ0) is 14.4. The van der Waals surface area contributed by atoms with Crippen LogP contribution in [0.4, 0.5) is 0 Å². The van der Waals surface area contributed by atoms with Crippen LogP contribution >= 0.6 is 0 Å². The average Bonchev–Trinajstić information content (AvgIpc) is 3.01. The van der Waals surface area contributed by atoms with E-state index in [1.54, 1.807) is 12.1 Å². The fourth-order valence-corrected chi connectivity index (χ4v) is 2.53. The maximum Gasteiger partial charge on any atom is 0.286 e. The molecule has 0 bridgehead atoms. The number of hydrogen-bond acceptors (Lipinski definition) is 3. The van der Waals surface area contributed by atoms with E-state index in [2.05, 4.69) is 12.2 Å². The lowest BCUT2D eigenvalue weighted by atomic mass is 9.94. The largest absolute Gasteiger partial charge is 0.459 e. The molecule has 1 aromatic rings. The Kier molecular flexibility index (Phi) is 5.21. The molecule has 0 radical (unpaired) electrons. The van der Waals surface area contributed by atoms with Gasteiger partial charge in [-0.05, 0) is 30.9 Å². The molecular formula is C15H22N2O3. The summed E-state index contributed by atoms with van der Waals surface area (Å²) in [4.78, 5) is 25.5. The third kappa shape index (κ3) is 3.85. The molecular weight excluding hydrogens is 256 g/mol. The van der Waals surface area contributed by atoms with Crippen LogP contribution in [0.3, 0.4) is 0 Å². The summed E-state index contributed by atoms with van der Waals surface area (Å²) in [6.45, 7) is 4.26. The first-order chi connectivity index (χ1) is 9.70. The number of rotatable bonds is 5. The Morgan fingerprint density at radius 2 is 2.15 bits per heavy atom. The monoisotopic (exact) mass is 278 g/mol. The number of likely N-dealkylation sites (tertiary alicyclic amines) is 1. The van der Waals surface area contributed by atoms with Crippen LogP contribution in [0.1, 0.15) is 43.2 Å². The summed E-state index contributed by atoms with van der Waals surface area (Å²) in [5.41, 5.74) is 0. The minimum atomic E-state index is -0.271. The molecule has 0 atom stereocenters. The molecule has 1 aromatic heterocycles. The van der Waals surface area contributed by atoms with Crippen molar-refractivity contribution in [2.24, 2.45) is 5.92 Å². The summed E-state index contributed by atoms with van der Waals surface area (Å²) in [5, 5.41) is 2.69. The molecule has 1 saturated heterocycles. The topological polar surface area (TPSA) is 62.6 Å². The number of hydrogen-bond donors (Lipinski definition) is 1. The minimum absolute atomic E-state index is 0.124. The maximum absolute atomic E-state index is 12.0. The highest BCUT2D eigenvalue weighted by molar-refractivity contribution is 5.91. The van der Waals surface area contributed by atoms with E-state index in [1.165, 1.54) is 12.7 Å². The van der Waals surface area contributed by atoms with Crippen molar-refractivity contribution in [3.05, 3.63) is 24.2 Å². The van der Waals surface area contributed by atoms with Crippen LogP contribution in [0, 0.1) is 5.92 Å². The van der Waals surface area contributed by atoms with Gasteiger partial charge in [0.25, 0.3) is 5.91 Å². The summed E-state index contributed by atoms with van der Waals surface area (Å²) in [6, 6.07) is 3.27. The van der Waals surface area contributed by atoms with E-state index >= 15 is 0 Å². The second-order valence-corrected chi connectivity index (χ2v) is 5.22. The Morgan fingerprint density at radius 3 is 2.75 bits per heavy atom. The molecule has 5 heteroatoms. The lowest BCUT2D eigenvalue weighted by Crippen LogP contribution is -2.39. The van der Waals surface area contributed by atoms with Crippen LogP contribution in [0.2, 0.25) is 0 Å². The second-order valence-electron chi connectivity index (χ2n) is 5.22. The first-order valence-electron chi connectivity index (χ1n) is 7.30. The van der Waals surface area contributed by atoms with Crippen molar-refractivity contribution in [2.45, 2.75) is 32.6 Å². The van der Waals surface area contributed by atoms with Gasteiger partial charge in [0, 0.05) is 26.1 Å². The maximum atomic E-state index is 12.0. The smallest absolute Gasteiger partial charge is 0.286 e. The average molecular weight is 278 g/mol. The molecule has 1 aliphatic heterocycles. The first-order valence-corrected chi connectivity index (χ1v) is 7.30. The highest BCUT2D eigenvalue weighted by Crippen LogP contribution is 2.20. The van der Waals surface area contributed by atoms with Crippen molar-refractivity contribution < 1.29 is 14.0 Å². The van der Waals surface area contributed by atoms with Crippen molar-refractivity contribution in [1.29, 1.82) is 0 Å². The van der Waals surface area contributed by atoms with Crippen molar-refractivity contribution in [1.82, 2.24) is 10.2 Å². The van der Waals surface area contributed by atoms with Gasteiger partial charge in [0.2, 0.25) is 5.91 Å². The molecule has 0 aliphatic carbocycles. The van der Waals surface area contributed by atoms with Crippen LogP contribution in [0.15, 0.2) is 22.8 Å².